The van der Waals surface area contributed by atoms with E-state index in [0.29, 0.717) is 24.8 Å². The number of hydrogen-bond acceptors (Lipinski definition) is 7. The first-order valence-corrected chi connectivity index (χ1v) is 16.3. The van der Waals surface area contributed by atoms with Crippen molar-refractivity contribution in [1.82, 2.24) is 20.4 Å². The minimum atomic E-state index is -0.795. The fourth-order valence-corrected chi connectivity index (χ4v) is 5.12. The molecule has 0 bridgehead atoms. The van der Waals surface area contributed by atoms with Crippen molar-refractivity contribution < 1.29 is 23.6 Å². The van der Waals surface area contributed by atoms with Crippen LogP contribution in [0.25, 0.3) is 11.4 Å². The van der Waals surface area contributed by atoms with Crippen molar-refractivity contribution >= 4 is 18.1 Å². The van der Waals surface area contributed by atoms with E-state index in [9.17, 15) is 9.59 Å². The number of amides is 2. The van der Waals surface area contributed by atoms with Crippen molar-refractivity contribution in [2.45, 2.75) is 136 Å². The number of unbranched alkanes of at least 4 members (excludes halogenated alkanes) is 7. The summed E-state index contributed by atoms with van der Waals surface area (Å²) in [5.74, 6) is 1.03. The van der Waals surface area contributed by atoms with Gasteiger partial charge < -0.3 is 18.9 Å². The van der Waals surface area contributed by atoms with E-state index in [4.69, 9.17) is 19.0 Å². The highest BCUT2D eigenvalue weighted by atomic mass is 16.6. The number of hydrogen-bond donors (Lipinski definition) is 1. The molecule has 1 saturated heterocycles. The third-order valence-electron chi connectivity index (χ3n) is 7.25. The monoisotopic (exact) mass is 611 g/mol. The Labute approximate surface area is 263 Å². The van der Waals surface area contributed by atoms with Gasteiger partial charge in [-0.25, -0.2) is 9.59 Å². The van der Waals surface area contributed by atoms with Crippen LogP contribution in [0, 0.1) is 0 Å². The van der Waals surface area contributed by atoms with Crippen LogP contribution < -0.4 is 5.32 Å². The molecule has 1 atom stereocenters. The van der Waals surface area contributed by atoms with Crippen LogP contribution in [0.3, 0.4) is 0 Å². The number of carbonyl (C=O) groups excluding carboxylic acids is 2. The second-order valence-electron chi connectivity index (χ2n) is 13.7. The molecule has 0 saturated carbocycles. The summed E-state index contributed by atoms with van der Waals surface area (Å²) in [5, 5.41) is 6.90. The average Bonchev–Trinajstić information content (AvgIpc) is 3.43. The molecule has 2 amide bonds. The lowest BCUT2D eigenvalue weighted by atomic mass is 9.98. The predicted molar refractivity (Wildman–Crippen MR) is 173 cm³/mol. The standard InChI is InChI=1S/C34H53N5O5/c1-8-9-10-11-12-13-14-15-17-25-19-21-26(22-20-25)28-35-29(44-38-28)27-18-16-23-39(24-27)30(36-31(40)42-33(2,3)4)37-32(41)43-34(5,6)7/h19-22,27H,8-18,23-24H2,1-7H3,(H,36,37,40,41)/t27-/m1/s1. The van der Waals surface area contributed by atoms with Crippen LogP contribution in [0.5, 0.6) is 0 Å². The molecule has 1 fully saturated rings. The molecule has 244 valence electrons. The number of ether oxygens (including phenoxy) is 2. The molecule has 44 heavy (non-hydrogen) atoms. The number of nitrogens with one attached hydrogen (secondary N) is 1. The smallest absolute Gasteiger partial charge is 0.437 e. The van der Waals surface area contributed by atoms with E-state index >= 15 is 0 Å². The number of rotatable bonds is 11. The van der Waals surface area contributed by atoms with Crippen molar-refractivity contribution in [3.8, 4) is 11.4 Å². The summed E-state index contributed by atoms with van der Waals surface area (Å²) in [5.41, 5.74) is 0.789. The Balaban J connectivity index is 1.61. The number of aromatic nitrogens is 2. The van der Waals surface area contributed by atoms with Crippen LogP contribution in [0.1, 0.15) is 130 Å². The number of carbonyl (C=O) groups is 2. The number of nitrogens with zero attached hydrogens (tertiary/aromatic N) is 4. The zero-order valence-corrected chi connectivity index (χ0v) is 27.9. The van der Waals surface area contributed by atoms with Crippen molar-refractivity contribution in [1.29, 1.82) is 0 Å². The SMILES string of the molecule is CCCCCCCCCCc1ccc(-c2noc([C@@H]3CCCN(C(=NC(=O)OC(C)(C)C)NC(=O)OC(C)(C)C)C3)n2)cc1. The molecule has 10 heteroatoms. The Morgan fingerprint density at radius 1 is 0.955 bits per heavy atom. The van der Waals surface area contributed by atoms with Crippen LogP contribution in [0.15, 0.2) is 33.8 Å². The van der Waals surface area contributed by atoms with E-state index in [2.05, 4.69) is 46.7 Å². The number of benzene rings is 1. The lowest BCUT2D eigenvalue weighted by molar-refractivity contribution is 0.0552. The second-order valence-corrected chi connectivity index (χ2v) is 13.7. The van der Waals surface area contributed by atoms with Crippen molar-refractivity contribution in [3.63, 3.8) is 0 Å². The molecule has 1 aliphatic heterocycles. The molecule has 0 aliphatic carbocycles. The Kier molecular flexibility index (Phi) is 13.2. The van der Waals surface area contributed by atoms with Crippen LogP contribution in [-0.2, 0) is 15.9 Å². The number of piperidine rings is 1. The fourth-order valence-electron chi connectivity index (χ4n) is 5.12. The maximum absolute atomic E-state index is 12.6. The molecule has 1 aromatic heterocycles. The lowest BCUT2D eigenvalue weighted by Gasteiger charge is -2.33. The summed E-state index contributed by atoms with van der Waals surface area (Å²) in [7, 11) is 0. The molecule has 2 aromatic rings. The predicted octanol–water partition coefficient (Wildman–Crippen LogP) is 8.42. The minimum Gasteiger partial charge on any atom is -0.444 e. The van der Waals surface area contributed by atoms with Gasteiger partial charge in [-0.3, -0.25) is 5.32 Å². The van der Waals surface area contributed by atoms with E-state index in [0.717, 1.165) is 24.8 Å². The second kappa shape index (κ2) is 16.6. The molecule has 2 heterocycles. The first-order valence-electron chi connectivity index (χ1n) is 16.3. The van der Waals surface area contributed by atoms with Crippen molar-refractivity contribution in [2.75, 3.05) is 13.1 Å². The van der Waals surface area contributed by atoms with Gasteiger partial charge in [0.1, 0.15) is 11.2 Å². The highest BCUT2D eigenvalue weighted by Crippen LogP contribution is 2.28. The van der Waals surface area contributed by atoms with Crippen molar-refractivity contribution in [2.24, 2.45) is 4.99 Å². The summed E-state index contributed by atoms with van der Waals surface area (Å²) < 4.78 is 16.5. The fraction of sp³-hybridized carbons (Fsp3) is 0.676. The Morgan fingerprint density at radius 3 is 2.23 bits per heavy atom. The molecule has 1 N–H and O–H groups in total. The molecule has 1 aromatic carbocycles. The van der Waals surface area contributed by atoms with Gasteiger partial charge in [-0.15, -0.1) is 4.99 Å². The summed E-state index contributed by atoms with van der Waals surface area (Å²) in [6, 6.07) is 8.41. The normalized spacial score (nSPS) is 16.1. The maximum Gasteiger partial charge on any atom is 0.437 e. The van der Waals surface area contributed by atoms with E-state index in [1.807, 2.05) is 4.90 Å². The van der Waals surface area contributed by atoms with E-state index in [-0.39, 0.29) is 11.9 Å². The molecule has 0 radical (unpaired) electrons. The topological polar surface area (TPSA) is 119 Å². The summed E-state index contributed by atoms with van der Waals surface area (Å²) in [6.07, 6.45) is 11.7. The van der Waals surface area contributed by atoms with Gasteiger partial charge in [0.15, 0.2) is 0 Å². The third kappa shape index (κ3) is 12.7. The zero-order valence-electron chi connectivity index (χ0n) is 27.9. The van der Waals surface area contributed by atoms with Crippen molar-refractivity contribution in [3.05, 3.63) is 35.7 Å². The van der Waals surface area contributed by atoms with Gasteiger partial charge in [-0.05, 0) is 72.8 Å². The van der Waals surface area contributed by atoms with Crippen LogP contribution in [0.4, 0.5) is 9.59 Å². The molecule has 3 rings (SSSR count). The highest BCUT2D eigenvalue weighted by molar-refractivity contribution is 5.99. The van der Waals surface area contributed by atoms with E-state index < -0.39 is 23.4 Å². The first-order chi connectivity index (χ1) is 20.8. The molecular weight excluding hydrogens is 558 g/mol. The summed E-state index contributed by atoms with van der Waals surface area (Å²) in [6.45, 7) is 13.9. The largest absolute Gasteiger partial charge is 0.444 e. The zero-order chi connectivity index (χ0) is 32.2. The first kappa shape index (κ1) is 35.1. The van der Waals surface area contributed by atoms with E-state index in [1.165, 1.54) is 56.9 Å². The Morgan fingerprint density at radius 2 is 1.59 bits per heavy atom. The number of aliphatic imine (C=N–C) groups is 1. The number of aryl methyl sites for hydroxylation is 1. The average molecular weight is 612 g/mol. The summed E-state index contributed by atoms with van der Waals surface area (Å²) in [4.78, 5) is 35.8. The van der Waals surface area contributed by atoms with Gasteiger partial charge in [0, 0.05) is 18.7 Å². The Bertz CT molecular complexity index is 1210. The van der Waals surface area contributed by atoms with Gasteiger partial charge in [0.25, 0.3) is 0 Å². The van der Waals surface area contributed by atoms with Crippen LogP contribution >= 0.6 is 0 Å². The molecule has 0 spiro atoms. The van der Waals surface area contributed by atoms with Crippen LogP contribution in [-0.4, -0.2) is 57.5 Å². The number of guanidine groups is 1. The lowest BCUT2D eigenvalue weighted by Crippen LogP contribution is -2.49. The minimum absolute atomic E-state index is 0.0741. The van der Waals surface area contributed by atoms with Gasteiger partial charge in [0.2, 0.25) is 17.7 Å². The maximum atomic E-state index is 12.6. The molecular formula is C34H53N5O5. The molecule has 10 nitrogen and oxygen atoms in total. The Hall–Kier alpha value is -3.43. The quantitative estimate of drug-likeness (QED) is 0.153. The third-order valence-corrected chi connectivity index (χ3v) is 7.25. The molecule has 0 unspecified atom stereocenters. The molecule has 1 aliphatic rings. The van der Waals surface area contributed by atoms with Gasteiger partial charge in [-0.2, -0.15) is 4.98 Å². The number of alkyl carbamates (subject to hydrolysis) is 1. The summed E-state index contributed by atoms with van der Waals surface area (Å²) >= 11 is 0. The van der Waals surface area contributed by atoms with Gasteiger partial charge in [0.05, 0.1) is 5.92 Å². The van der Waals surface area contributed by atoms with Crippen LogP contribution in [0.2, 0.25) is 0 Å². The van der Waals surface area contributed by atoms with Gasteiger partial charge in [-0.1, -0.05) is 81.3 Å². The van der Waals surface area contributed by atoms with Gasteiger partial charge >= 0.3 is 12.2 Å². The number of likely N-dealkylation sites (tertiary alicyclic amines) is 1. The highest BCUT2D eigenvalue weighted by Gasteiger charge is 2.30. The van der Waals surface area contributed by atoms with E-state index in [1.54, 1.807) is 41.5 Å².